The van der Waals surface area contributed by atoms with E-state index in [9.17, 15) is 13.2 Å². The molecule has 0 spiro atoms. The highest BCUT2D eigenvalue weighted by molar-refractivity contribution is 9.10. The Bertz CT molecular complexity index is 633. The van der Waals surface area contributed by atoms with Crippen molar-refractivity contribution in [3.05, 3.63) is 50.1 Å². The van der Waals surface area contributed by atoms with Gasteiger partial charge < -0.3 is 0 Å². The van der Waals surface area contributed by atoms with Gasteiger partial charge in [-0.05, 0) is 52.7 Å². The summed E-state index contributed by atoms with van der Waals surface area (Å²) >= 11 is 5.08. The number of aryl methyl sites for hydroxylation is 1. The number of hydrazone groups is 1. The molecular weight excluding hydrogens is 365 g/mol. The van der Waals surface area contributed by atoms with E-state index in [4.69, 9.17) is 0 Å². The lowest BCUT2D eigenvalue weighted by Gasteiger charge is -2.06. The fourth-order valence-electron chi connectivity index (χ4n) is 1.63. The average molecular weight is 377 g/mol. The molecule has 0 aliphatic carbocycles. The van der Waals surface area contributed by atoms with Crippen molar-refractivity contribution in [2.24, 2.45) is 5.10 Å². The van der Waals surface area contributed by atoms with Gasteiger partial charge >= 0.3 is 6.18 Å². The van der Waals surface area contributed by atoms with Crippen molar-refractivity contribution in [3.8, 4) is 0 Å². The van der Waals surface area contributed by atoms with Crippen LogP contribution in [0.5, 0.6) is 0 Å². The predicted octanol–water partition coefficient (Wildman–Crippen LogP) is 5.54. The maximum atomic E-state index is 12.4. The zero-order valence-corrected chi connectivity index (χ0v) is 13.4. The van der Waals surface area contributed by atoms with Crippen LogP contribution in [0.1, 0.15) is 22.2 Å². The number of alkyl halides is 3. The van der Waals surface area contributed by atoms with Crippen LogP contribution in [0.4, 0.5) is 18.9 Å². The first kappa shape index (κ1) is 16.0. The molecule has 2 nitrogen and oxygen atoms in total. The molecule has 1 aromatic carbocycles. The van der Waals surface area contributed by atoms with E-state index in [0.717, 1.165) is 27.9 Å². The van der Waals surface area contributed by atoms with Gasteiger partial charge in [-0.3, -0.25) is 5.43 Å². The monoisotopic (exact) mass is 376 g/mol. The maximum Gasteiger partial charge on any atom is 0.416 e. The molecule has 0 fully saturated rings. The molecule has 1 N–H and O–H groups in total. The molecule has 0 radical (unpaired) electrons. The maximum absolute atomic E-state index is 12.4. The van der Waals surface area contributed by atoms with Crippen LogP contribution in [0.15, 0.2) is 39.9 Å². The van der Waals surface area contributed by atoms with Crippen LogP contribution < -0.4 is 5.43 Å². The summed E-state index contributed by atoms with van der Waals surface area (Å²) in [4.78, 5) is 2.20. The molecule has 0 amide bonds. The van der Waals surface area contributed by atoms with Crippen molar-refractivity contribution in [1.29, 1.82) is 0 Å². The number of nitrogens with zero attached hydrogens (tertiary/aromatic N) is 1. The molecule has 0 aliphatic heterocycles. The minimum atomic E-state index is -4.32. The van der Waals surface area contributed by atoms with Crippen LogP contribution in [-0.2, 0) is 12.6 Å². The van der Waals surface area contributed by atoms with Crippen molar-refractivity contribution >= 4 is 39.2 Å². The lowest BCUT2D eigenvalue weighted by molar-refractivity contribution is -0.137. The summed E-state index contributed by atoms with van der Waals surface area (Å²) in [7, 11) is 0. The van der Waals surface area contributed by atoms with Crippen LogP contribution in [0, 0.1) is 0 Å². The standard InChI is InChI=1S/C14H12BrF3N2S/c1-2-13-12(15)7-11(21-13)8-19-20-10-5-3-9(4-6-10)14(16,17)18/h3-8,20H,2H2,1H3/b19-8+. The largest absolute Gasteiger partial charge is 0.416 e. The molecule has 2 aromatic rings. The first-order valence-electron chi connectivity index (χ1n) is 6.14. The molecular formula is C14H12BrF3N2S. The van der Waals surface area contributed by atoms with E-state index < -0.39 is 11.7 Å². The van der Waals surface area contributed by atoms with E-state index >= 15 is 0 Å². The minimum absolute atomic E-state index is 0.505. The van der Waals surface area contributed by atoms with Crippen LogP contribution >= 0.6 is 27.3 Å². The van der Waals surface area contributed by atoms with Crippen LogP contribution in [0.25, 0.3) is 0 Å². The molecule has 0 aliphatic rings. The molecule has 2 rings (SSSR count). The summed E-state index contributed by atoms with van der Waals surface area (Å²) in [5.74, 6) is 0. The van der Waals surface area contributed by atoms with Gasteiger partial charge in [-0.15, -0.1) is 11.3 Å². The van der Waals surface area contributed by atoms with E-state index in [2.05, 4.69) is 33.4 Å². The fourth-order valence-corrected chi connectivity index (χ4v) is 3.42. The number of anilines is 1. The van der Waals surface area contributed by atoms with Gasteiger partial charge in [-0.2, -0.15) is 18.3 Å². The Kier molecular flexibility index (Phi) is 5.05. The normalized spacial score (nSPS) is 12.0. The number of thiophene rings is 1. The number of halogens is 4. The molecule has 0 bridgehead atoms. The van der Waals surface area contributed by atoms with Crippen LogP contribution in [0.3, 0.4) is 0 Å². The molecule has 1 heterocycles. The SMILES string of the molecule is CCc1sc(/C=N/Nc2ccc(C(F)(F)F)cc2)cc1Br. The summed E-state index contributed by atoms with van der Waals surface area (Å²) in [6, 6.07) is 6.70. The third-order valence-electron chi connectivity index (χ3n) is 2.70. The van der Waals surface area contributed by atoms with Gasteiger partial charge in [0.25, 0.3) is 0 Å². The summed E-state index contributed by atoms with van der Waals surface area (Å²) in [5, 5.41) is 4.03. The first-order chi connectivity index (χ1) is 9.90. The predicted molar refractivity (Wildman–Crippen MR) is 84.1 cm³/mol. The first-order valence-corrected chi connectivity index (χ1v) is 7.75. The molecule has 0 saturated carbocycles. The minimum Gasteiger partial charge on any atom is -0.278 e. The Morgan fingerprint density at radius 1 is 1.29 bits per heavy atom. The average Bonchev–Trinajstić information content (AvgIpc) is 2.79. The third kappa shape index (κ3) is 4.31. The molecule has 112 valence electrons. The van der Waals surface area contributed by atoms with Crippen molar-refractivity contribution < 1.29 is 13.2 Å². The number of benzene rings is 1. The highest BCUT2D eigenvalue weighted by Crippen LogP contribution is 2.30. The summed E-state index contributed by atoms with van der Waals surface area (Å²) in [6.07, 6.45) is -1.74. The number of hydrogen-bond acceptors (Lipinski definition) is 3. The topological polar surface area (TPSA) is 24.4 Å². The van der Waals surface area contributed by atoms with Gasteiger partial charge in [0.15, 0.2) is 0 Å². The van der Waals surface area contributed by atoms with Gasteiger partial charge in [0.2, 0.25) is 0 Å². The quantitative estimate of drug-likeness (QED) is 0.549. The Balaban J connectivity index is 2.00. The molecule has 0 atom stereocenters. The van der Waals surface area contributed by atoms with Crippen molar-refractivity contribution in [3.63, 3.8) is 0 Å². The molecule has 21 heavy (non-hydrogen) atoms. The Morgan fingerprint density at radius 3 is 2.48 bits per heavy atom. The second kappa shape index (κ2) is 6.62. The number of rotatable bonds is 4. The third-order valence-corrected chi connectivity index (χ3v) is 4.88. The second-order valence-corrected chi connectivity index (χ2v) is 6.24. The molecule has 7 heteroatoms. The van der Waals surface area contributed by atoms with E-state index in [1.54, 1.807) is 17.6 Å². The summed E-state index contributed by atoms with van der Waals surface area (Å²) in [5.41, 5.74) is 2.54. The smallest absolute Gasteiger partial charge is 0.278 e. The Hall–Kier alpha value is -1.34. The number of nitrogens with one attached hydrogen (secondary N) is 1. The van der Waals surface area contributed by atoms with E-state index in [-0.39, 0.29) is 0 Å². The highest BCUT2D eigenvalue weighted by atomic mass is 79.9. The van der Waals surface area contributed by atoms with Gasteiger partial charge in [0.05, 0.1) is 17.5 Å². The Morgan fingerprint density at radius 2 is 1.95 bits per heavy atom. The van der Waals surface area contributed by atoms with Gasteiger partial charge in [-0.25, -0.2) is 0 Å². The van der Waals surface area contributed by atoms with Crippen molar-refractivity contribution in [1.82, 2.24) is 0 Å². The number of hydrogen-bond donors (Lipinski definition) is 1. The van der Waals surface area contributed by atoms with Crippen molar-refractivity contribution in [2.75, 3.05) is 5.43 Å². The lowest BCUT2D eigenvalue weighted by atomic mass is 10.2. The van der Waals surface area contributed by atoms with E-state index in [1.165, 1.54) is 17.0 Å². The molecule has 0 unspecified atom stereocenters. The Labute approximate surface area is 132 Å². The van der Waals surface area contributed by atoms with Gasteiger partial charge in [0, 0.05) is 14.2 Å². The van der Waals surface area contributed by atoms with E-state index in [0.29, 0.717) is 5.69 Å². The van der Waals surface area contributed by atoms with Gasteiger partial charge in [-0.1, -0.05) is 6.92 Å². The lowest BCUT2D eigenvalue weighted by Crippen LogP contribution is -2.04. The molecule has 1 aromatic heterocycles. The van der Waals surface area contributed by atoms with Crippen LogP contribution in [-0.4, -0.2) is 6.21 Å². The van der Waals surface area contributed by atoms with Gasteiger partial charge in [0.1, 0.15) is 0 Å². The highest BCUT2D eigenvalue weighted by Gasteiger charge is 2.29. The molecule has 0 saturated heterocycles. The van der Waals surface area contributed by atoms with Crippen molar-refractivity contribution in [2.45, 2.75) is 19.5 Å². The zero-order valence-electron chi connectivity index (χ0n) is 11.0. The van der Waals surface area contributed by atoms with Crippen LogP contribution in [0.2, 0.25) is 0 Å². The summed E-state index contributed by atoms with van der Waals surface area (Å²) in [6.45, 7) is 2.07. The second-order valence-electron chi connectivity index (χ2n) is 4.22. The van der Waals surface area contributed by atoms with E-state index in [1.807, 2.05) is 6.07 Å². The fraction of sp³-hybridized carbons (Fsp3) is 0.214. The zero-order chi connectivity index (χ0) is 15.5. The summed E-state index contributed by atoms with van der Waals surface area (Å²) < 4.78 is 38.3.